The third-order valence-electron chi connectivity index (χ3n) is 5.89. The minimum atomic E-state index is -0.0534. The zero-order valence-corrected chi connectivity index (χ0v) is 13.5. The van der Waals surface area contributed by atoms with Crippen molar-refractivity contribution < 1.29 is 4.74 Å². The van der Waals surface area contributed by atoms with Gasteiger partial charge in [-0.1, -0.05) is 60.7 Å². The van der Waals surface area contributed by atoms with E-state index in [1.54, 1.807) is 0 Å². The van der Waals surface area contributed by atoms with Crippen LogP contribution in [0.25, 0.3) is 0 Å². The number of ether oxygens (including phenoxy) is 1. The van der Waals surface area contributed by atoms with E-state index in [1.807, 2.05) is 0 Å². The zero-order valence-electron chi connectivity index (χ0n) is 13.5. The molecule has 2 fully saturated rings. The highest BCUT2D eigenvalue weighted by molar-refractivity contribution is 5.29. The van der Waals surface area contributed by atoms with Gasteiger partial charge in [-0.05, 0) is 42.2 Å². The highest BCUT2D eigenvalue weighted by Crippen LogP contribution is 2.57. The van der Waals surface area contributed by atoms with Crippen LogP contribution in [0.5, 0.6) is 0 Å². The highest BCUT2D eigenvalue weighted by Gasteiger charge is 2.64. The first-order valence-corrected chi connectivity index (χ1v) is 8.73. The van der Waals surface area contributed by atoms with Crippen LogP contribution >= 0.6 is 0 Å². The average Bonchev–Trinajstić information content (AvgIpc) is 3.00. The van der Waals surface area contributed by atoms with Gasteiger partial charge in [-0.25, -0.2) is 0 Å². The van der Waals surface area contributed by atoms with E-state index < -0.39 is 0 Å². The maximum absolute atomic E-state index is 6.96. The summed E-state index contributed by atoms with van der Waals surface area (Å²) in [5, 5.41) is 0. The molecule has 0 spiro atoms. The first-order chi connectivity index (χ1) is 11.3. The lowest BCUT2D eigenvalue weighted by atomic mass is 9.91. The predicted molar refractivity (Wildman–Crippen MR) is 93.1 cm³/mol. The Morgan fingerprint density at radius 2 is 1.39 bits per heavy atom. The molecule has 2 nitrogen and oxygen atoms in total. The molecule has 1 saturated heterocycles. The van der Waals surface area contributed by atoms with Gasteiger partial charge < -0.3 is 10.5 Å². The van der Waals surface area contributed by atoms with Crippen molar-refractivity contribution in [3.8, 4) is 0 Å². The van der Waals surface area contributed by atoms with Gasteiger partial charge in [0.1, 0.15) is 0 Å². The molecule has 2 aromatic carbocycles. The molecule has 2 aliphatic rings. The second-order valence-corrected chi connectivity index (χ2v) is 7.15. The van der Waals surface area contributed by atoms with E-state index in [1.165, 1.54) is 11.1 Å². The smallest absolute Gasteiger partial charge is 0.0512 e. The van der Waals surface area contributed by atoms with Crippen molar-refractivity contribution in [1.82, 2.24) is 0 Å². The summed E-state index contributed by atoms with van der Waals surface area (Å²) < 4.78 is 5.64. The first kappa shape index (κ1) is 14.9. The van der Waals surface area contributed by atoms with Crippen molar-refractivity contribution >= 4 is 0 Å². The molecule has 1 aliphatic carbocycles. The van der Waals surface area contributed by atoms with Crippen LogP contribution < -0.4 is 5.73 Å². The number of nitrogens with two attached hydrogens (primary N) is 1. The third kappa shape index (κ3) is 2.82. The van der Waals surface area contributed by atoms with Crippen molar-refractivity contribution in [2.75, 3.05) is 13.2 Å². The molecule has 1 aliphatic heterocycles. The lowest BCUT2D eigenvalue weighted by molar-refractivity contribution is 0.175. The Bertz CT molecular complexity index is 586. The largest absolute Gasteiger partial charge is 0.381 e. The van der Waals surface area contributed by atoms with E-state index in [2.05, 4.69) is 60.7 Å². The average molecular weight is 307 g/mol. The fourth-order valence-corrected chi connectivity index (χ4v) is 4.50. The van der Waals surface area contributed by atoms with Gasteiger partial charge in [0.2, 0.25) is 0 Å². The minimum absolute atomic E-state index is 0.0534. The SMILES string of the molecule is NC1(C2CCOC2)C(Cc2ccccc2)C1Cc1ccccc1. The minimum Gasteiger partial charge on any atom is -0.381 e. The zero-order chi connectivity index (χ0) is 15.7. The van der Waals surface area contributed by atoms with Gasteiger partial charge in [-0.3, -0.25) is 0 Å². The lowest BCUT2D eigenvalue weighted by Gasteiger charge is -2.19. The van der Waals surface area contributed by atoms with Crippen molar-refractivity contribution in [2.24, 2.45) is 23.5 Å². The van der Waals surface area contributed by atoms with Gasteiger partial charge >= 0.3 is 0 Å². The summed E-state index contributed by atoms with van der Waals surface area (Å²) in [5.41, 5.74) is 9.71. The van der Waals surface area contributed by atoms with E-state index >= 15 is 0 Å². The van der Waals surface area contributed by atoms with E-state index in [0.29, 0.717) is 17.8 Å². The third-order valence-corrected chi connectivity index (χ3v) is 5.89. The molecule has 23 heavy (non-hydrogen) atoms. The van der Waals surface area contributed by atoms with Gasteiger partial charge in [-0.2, -0.15) is 0 Å². The Kier molecular flexibility index (Phi) is 3.96. The van der Waals surface area contributed by atoms with E-state index in [-0.39, 0.29) is 5.54 Å². The second kappa shape index (κ2) is 6.10. The summed E-state index contributed by atoms with van der Waals surface area (Å²) in [5.74, 6) is 1.65. The number of rotatable bonds is 5. The highest BCUT2D eigenvalue weighted by atomic mass is 16.5. The number of hydrogen-bond acceptors (Lipinski definition) is 2. The van der Waals surface area contributed by atoms with Crippen LogP contribution in [0.4, 0.5) is 0 Å². The molecule has 1 saturated carbocycles. The summed E-state index contributed by atoms with van der Waals surface area (Å²) in [6.07, 6.45) is 3.30. The Morgan fingerprint density at radius 1 is 0.870 bits per heavy atom. The molecular formula is C21H25NO. The summed E-state index contributed by atoms with van der Waals surface area (Å²) >= 11 is 0. The van der Waals surface area contributed by atoms with E-state index in [0.717, 1.165) is 32.5 Å². The van der Waals surface area contributed by atoms with Gasteiger partial charge in [0.25, 0.3) is 0 Å². The monoisotopic (exact) mass is 307 g/mol. The standard InChI is InChI=1S/C21H25NO/c22-21(18-11-12-23-15-18)19(13-16-7-3-1-4-8-16)20(21)14-17-9-5-2-6-10-17/h1-10,18-20H,11-15,22H2. The van der Waals surface area contributed by atoms with Crippen molar-refractivity contribution in [3.63, 3.8) is 0 Å². The predicted octanol–water partition coefficient (Wildman–Crippen LogP) is 3.45. The molecule has 1 heterocycles. The summed E-state index contributed by atoms with van der Waals surface area (Å²) in [7, 11) is 0. The van der Waals surface area contributed by atoms with Gasteiger partial charge in [0, 0.05) is 18.1 Å². The van der Waals surface area contributed by atoms with Crippen LogP contribution in [0.15, 0.2) is 60.7 Å². The van der Waals surface area contributed by atoms with Crippen LogP contribution in [0.3, 0.4) is 0 Å². The molecule has 3 unspecified atom stereocenters. The number of hydrogen-bond donors (Lipinski definition) is 1. The van der Waals surface area contributed by atoms with Gasteiger partial charge in [0.05, 0.1) is 6.61 Å². The molecule has 0 aromatic heterocycles. The normalized spacial score (nSPS) is 32.8. The van der Waals surface area contributed by atoms with Crippen LogP contribution in [0.2, 0.25) is 0 Å². The summed E-state index contributed by atoms with van der Waals surface area (Å²) in [4.78, 5) is 0. The molecule has 0 bridgehead atoms. The molecule has 2 aromatic rings. The topological polar surface area (TPSA) is 35.2 Å². The van der Waals surface area contributed by atoms with Crippen molar-refractivity contribution in [3.05, 3.63) is 71.8 Å². The molecule has 4 rings (SSSR count). The fourth-order valence-electron chi connectivity index (χ4n) is 4.50. The molecule has 2 N–H and O–H groups in total. The number of benzene rings is 2. The fraction of sp³-hybridized carbons (Fsp3) is 0.429. The Labute approximate surface area is 138 Å². The van der Waals surface area contributed by atoms with Gasteiger partial charge in [0.15, 0.2) is 0 Å². The van der Waals surface area contributed by atoms with E-state index in [9.17, 15) is 0 Å². The molecule has 0 radical (unpaired) electrons. The molecule has 0 amide bonds. The lowest BCUT2D eigenvalue weighted by Crippen LogP contribution is -2.37. The van der Waals surface area contributed by atoms with Crippen LogP contribution in [0.1, 0.15) is 17.5 Å². The van der Waals surface area contributed by atoms with Gasteiger partial charge in [-0.15, -0.1) is 0 Å². The second-order valence-electron chi connectivity index (χ2n) is 7.15. The van der Waals surface area contributed by atoms with Crippen molar-refractivity contribution in [2.45, 2.75) is 24.8 Å². The van der Waals surface area contributed by atoms with Crippen LogP contribution in [-0.2, 0) is 17.6 Å². The Morgan fingerprint density at radius 3 is 1.83 bits per heavy atom. The van der Waals surface area contributed by atoms with Crippen molar-refractivity contribution in [1.29, 1.82) is 0 Å². The maximum Gasteiger partial charge on any atom is 0.0512 e. The van der Waals surface area contributed by atoms with Crippen LogP contribution in [-0.4, -0.2) is 18.8 Å². The molecule has 120 valence electrons. The molecular weight excluding hydrogens is 282 g/mol. The molecule has 3 atom stereocenters. The summed E-state index contributed by atoms with van der Waals surface area (Å²) in [6.45, 7) is 1.72. The Balaban J connectivity index is 1.54. The quantitative estimate of drug-likeness (QED) is 0.918. The molecule has 2 heteroatoms. The first-order valence-electron chi connectivity index (χ1n) is 8.73. The van der Waals surface area contributed by atoms with Crippen LogP contribution in [0, 0.1) is 17.8 Å². The Hall–Kier alpha value is -1.64. The summed E-state index contributed by atoms with van der Waals surface area (Å²) in [6, 6.07) is 21.6. The van der Waals surface area contributed by atoms with E-state index in [4.69, 9.17) is 10.5 Å². The maximum atomic E-state index is 6.96.